The van der Waals surface area contributed by atoms with Crippen molar-refractivity contribution in [3.05, 3.63) is 12.0 Å². The molecule has 1 fully saturated rings. The average molecular weight is 278 g/mol. The Bertz CT molecular complexity index is 629. The van der Waals surface area contributed by atoms with Crippen LogP contribution in [0.25, 0.3) is 11.1 Å². The van der Waals surface area contributed by atoms with E-state index in [4.69, 9.17) is 4.52 Å². The lowest BCUT2D eigenvalue weighted by Crippen LogP contribution is -2.55. The van der Waals surface area contributed by atoms with E-state index < -0.39 is 11.7 Å². The molecule has 3 heterocycles. The lowest BCUT2D eigenvalue weighted by Gasteiger charge is -2.42. The van der Waals surface area contributed by atoms with Crippen LogP contribution in [0.2, 0.25) is 0 Å². The molecular weight excluding hydrogens is 260 g/mol. The fraction of sp³-hybridized carbons (Fsp3) is 0.615. The summed E-state index contributed by atoms with van der Waals surface area (Å²) in [5.41, 5.74) is 0.159. The maximum atomic E-state index is 10.3. The molecule has 0 spiro atoms. The number of aliphatic hydroxyl groups is 2. The van der Waals surface area contributed by atoms with Crippen molar-refractivity contribution in [3.63, 3.8) is 0 Å². The summed E-state index contributed by atoms with van der Waals surface area (Å²) in [6, 6.07) is 0. The Morgan fingerprint density at radius 2 is 2.30 bits per heavy atom. The Morgan fingerprint density at radius 1 is 1.50 bits per heavy atom. The molecule has 0 aliphatic carbocycles. The molecule has 0 aromatic carbocycles. The second-order valence-corrected chi connectivity index (χ2v) is 5.31. The summed E-state index contributed by atoms with van der Waals surface area (Å²) >= 11 is 0. The van der Waals surface area contributed by atoms with E-state index in [1.54, 1.807) is 0 Å². The van der Waals surface area contributed by atoms with Gasteiger partial charge in [-0.1, -0.05) is 12.1 Å². The first-order chi connectivity index (χ1) is 9.55. The fourth-order valence-corrected chi connectivity index (χ4v) is 2.71. The number of hydrogen-bond acceptors (Lipinski definition) is 7. The van der Waals surface area contributed by atoms with Gasteiger partial charge < -0.3 is 19.6 Å². The summed E-state index contributed by atoms with van der Waals surface area (Å²) in [7, 11) is 0. The zero-order valence-electron chi connectivity index (χ0n) is 11.6. The van der Waals surface area contributed by atoms with Crippen molar-refractivity contribution in [1.82, 2.24) is 15.1 Å². The van der Waals surface area contributed by atoms with Crippen LogP contribution in [-0.2, 0) is 0 Å². The topological polar surface area (TPSA) is 95.5 Å². The van der Waals surface area contributed by atoms with Crippen LogP contribution in [-0.4, -0.2) is 50.1 Å². The van der Waals surface area contributed by atoms with Gasteiger partial charge in [0.25, 0.3) is 5.71 Å². The van der Waals surface area contributed by atoms with Crippen molar-refractivity contribution in [3.8, 4) is 0 Å². The zero-order valence-corrected chi connectivity index (χ0v) is 11.6. The van der Waals surface area contributed by atoms with Crippen molar-refractivity contribution in [2.45, 2.75) is 38.4 Å². The number of anilines is 1. The Balaban J connectivity index is 1.95. The zero-order chi connectivity index (χ0) is 14.3. The van der Waals surface area contributed by atoms with Crippen LogP contribution in [0.15, 0.2) is 10.9 Å². The fourth-order valence-electron chi connectivity index (χ4n) is 2.71. The molecular formula is C13H18N4O3. The standard InChI is InChI=1S/C13H18N4O3/c1-3-13(19)4-5-17(6-9(13)18)11-10-8(2)16-20-12(10)15-7-14-11/h7,9,18-19H,3-6H2,1-2H3/t9-,13-/m1/s1. The Morgan fingerprint density at radius 3 is 3.00 bits per heavy atom. The van der Waals surface area contributed by atoms with E-state index in [1.807, 2.05) is 18.7 Å². The Labute approximate surface area is 116 Å². The molecule has 20 heavy (non-hydrogen) atoms. The van der Waals surface area contributed by atoms with Crippen LogP contribution in [0.4, 0.5) is 5.82 Å². The molecule has 0 bridgehead atoms. The summed E-state index contributed by atoms with van der Waals surface area (Å²) in [4.78, 5) is 10.3. The molecule has 7 heteroatoms. The molecule has 7 nitrogen and oxygen atoms in total. The van der Waals surface area contributed by atoms with Crippen LogP contribution < -0.4 is 4.90 Å². The maximum Gasteiger partial charge on any atom is 0.263 e. The maximum absolute atomic E-state index is 10.3. The van der Waals surface area contributed by atoms with Gasteiger partial charge in [-0.05, 0) is 19.8 Å². The highest BCUT2D eigenvalue weighted by Crippen LogP contribution is 2.32. The van der Waals surface area contributed by atoms with Gasteiger partial charge in [-0.2, -0.15) is 4.98 Å². The first-order valence-electron chi connectivity index (χ1n) is 6.77. The first kappa shape index (κ1) is 13.3. The number of rotatable bonds is 2. The van der Waals surface area contributed by atoms with Crippen molar-refractivity contribution < 1.29 is 14.7 Å². The summed E-state index contributed by atoms with van der Waals surface area (Å²) in [6.45, 7) is 4.67. The van der Waals surface area contributed by atoms with Gasteiger partial charge in [-0.25, -0.2) is 4.98 Å². The second-order valence-electron chi connectivity index (χ2n) is 5.31. The minimum Gasteiger partial charge on any atom is -0.388 e. The third-order valence-corrected chi connectivity index (χ3v) is 4.16. The summed E-state index contributed by atoms with van der Waals surface area (Å²) in [5.74, 6) is 0.700. The molecule has 1 saturated heterocycles. The van der Waals surface area contributed by atoms with E-state index in [-0.39, 0.29) is 0 Å². The number of fused-ring (bicyclic) bond motifs is 1. The van der Waals surface area contributed by atoms with Crippen LogP contribution in [0.3, 0.4) is 0 Å². The monoisotopic (exact) mass is 278 g/mol. The lowest BCUT2D eigenvalue weighted by molar-refractivity contribution is -0.0879. The summed E-state index contributed by atoms with van der Waals surface area (Å²) < 4.78 is 5.13. The largest absolute Gasteiger partial charge is 0.388 e. The molecule has 3 rings (SSSR count). The van der Waals surface area contributed by atoms with Gasteiger partial charge in [0.1, 0.15) is 23.6 Å². The van der Waals surface area contributed by atoms with E-state index >= 15 is 0 Å². The minimum atomic E-state index is -1.01. The molecule has 108 valence electrons. The highest BCUT2D eigenvalue weighted by atomic mass is 16.5. The highest BCUT2D eigenvalue weighted by Gasteiger charge is 2.39. The number of aryl methyl sites for hydroxylation is 1. The van der Waals surface area contributed by atoms with E-state index in [9.17, 15) is 10.2 Å². The first-order valence-corrected chi connectivity index (χ1v) is 6.77. The van der Waals surface area contributed by atoms with E-state index in [0.29, 0.717) is 37.5 Å². The summed E-state index contributed by atoms with van der Waals surface area (Å²) in [6.07, 6.45) is 1.66. The van der Waals surface area contributed by atoms with Gasteiger partial charge >= 0.3 is 0 Å². The van der Waals surface area contributed by atoms with Crippen LogP contribution in [0.1, 0.15) is 25.5 Å². The van der Waals surface area contributed by atoms with Crippen molar-refractivity contribution >= 4 is 16.9 Å². The molecule has 1 aliphatic rings. The average Bonchev–Trinajstić information content (AvgIpc) is 2.84. The summed E-state index contributed by atoms with van der Waals surface area (Å²) in [5, 5.41) is 25.1. The smallest absolute Gasteiger partial charge is 0.263 e. The predicted octanol–water partition coefficient (Wildman–Crippen LogP) is 0.638. The van der Waals surface area contributed by atoms with Gasteiger partial charge in [0.05, 0.1) is 11.3 Å². The van der Waals surface area contributed by atoms with Crippen molar-refractivity contribution in [2.24, 2.45) is 0 Å². The molecule has 2 aromatic rings. The van der Waals surface area contributed by atoms with E-state index in [2.05, 4.69) is 15.1 Å². The number of piperidine rings is 1. The van der Waals surface area contributed by atoms with Crippen molar-refractivity contribution in [1.29, 1.82) is 0 Å². The van der Waals surface area contributed by atoms with E-state index in [0.717, 1.165) is 11.1 Å². The van der Waals surface area contributed by atoms with Crippen LogP contribution >= 0.6 is 0 Å². The third-order valence-electron chi connectivity index (χ3n) is 4.16. The SMILES string of the molecule is CC[C@@]1(O)CCN(c2ncnc3onc(C)c23)C[C@H]1O. The van der Waals surface area contributed by atoms with Crippen LogP contribution in [0, 0.1) is 6.92 Å². The van der Waals surface area contributed by atoms with Gasteiger partial charge in [0, 0.05) is 13.1 Å². The minimum absolute atomic E-state index is 0.334. The number of hydrogen-bond donors (Lipinski definition) is 2. The molecule has 1 aliphatic heterocycles. The van der Waals surface area contributed by atoms with Crippen LogP contribution in [0.5, 0.6) is 0 Å². The number of aromatic nitrogens is 3. The van der Waals surface area contributed by atoms with Gasteiger partial charge in [0.2, 0.25) is 0 Å². The lowest BCUT2D eigenvalue weighted by atomic mass is 9.86. The molecule has 0 unspecified atom stereocenters. The number of β-amino-alcohol motifs (C(OH)–C–C–N with tert-alkyl or cyclic N) is 1. The predicted molar refractivity (Wildman–Crippen MR) is 72.4 cm³/mol. The number of nitrogens with zero attached hydrogens (tertiary/aromatic N) is 4. The highest BCUT2D eigenvalue weighted by molar-refractivity contribution is 5.87. The van der Waals surface area contributed by atoms with Gasteiger partial charge in [-0.3, -0.25) is 0 Å². The Kier molecular flexibility index (Phi) is 3.10. The normalized spacial score (nSPS) is 27.2. The van der Waals surface area contributed by atoms with Gasteiger partial charge in [-0.15, -0.1) is 0 Å². The quantitative estimate of drug-likeness (QED) is 0.832. The van der Waals surface area contributed by atoms with Crippen molar-refractivity contribution in [2.75, 3.05) is 18.0 Å². The molecule has 2 atom stereocenters. The molecule has 0 amide bonds. The number of aliphatic hydroxyl groups excluding tert-OH is 1. The third kappa shape index (κ3) is 1.94. The Hall–Kier alpha value is -1.73. The van der Waals surface area contributed by atoms with Gasteiger partial charge in [0.15, 0.2) is 0 Å². The second kappa shape index (κ2) is 4.68. The molecule has 0 saturated carbocycles. The molecule has 2 N–H and O–H groups in total. The molecule has 2 aromatic heterocycles. The molecule has 0 radical (unpaired) electrons. The van der Waals surface area contributed by atoms with E-state index in [1.165, 1.54) is 6.33 Å².